The Hall–Kier alpha value is -16.7. The Morgan fingerprint density at radius 3 is 0.558 bits per heavy atom. The summed E-state index contributed by atoms with van der Waals surface area (Å²) in [6, 6.07) is 123. The van der Waals surface area contributed by atoms with E-state index < -0.39 is 20.7 Å². The van der Waals surface area contributed by atoms with Gasteiger partial charge >= 0.3 is 17.9 Å². The van der Waals surface area contributed by atoms with Gasteiger partial charge in [-0.3, -0.25) is 59.6 Å². The van der Waals surface area contributed by atoms with Crippen molar-refractivity contribution in [2.24, 2.45) is 0 Å². The number of nitro benzene ring substituents is 3. The lowest BCUT2D eigenvalue weighted by molar-refractivity contribution is -0.385. The highest BCUT2D eigenvalue weighted by Crippen LogP contribution is 2.30. The van der Waals surface area contributed by atoms with Gasteiger partial charge in [0, 0.05) is 164 Å². The normalized spacial score (nSPS) is 11.1. The number of carbonyl (C=O) groups is 4. The first-order chi connectivity index (χ1) is 70.5. The van der Waals surface area contributed by atoms with E-state index in [4.69, 9.17) is 14.6 Å². The molecule has 15 rings (SSSR count). The fourth-order valence-electron chi connectivity index (χ4n) is 16.3. The Kier molecular flexibility index (Phi) is 41.6. The van der Waals surface area contributed by atoms with Crippen molar-refractivity contribution in [2.75, 3.05) is 14.2 Å². The van der Waals surface area contributed by atoms with Gasteiger partial charge in [0.2, 0.25) is 11.4 Å². The van der Waals surface area contributed by atoms with Crippen LogP contribution in [0.1, 0.15) is 184 Å². The second-order valence-corrected chi connectivity index (χ2v) is 38.1. The van der Waals surface area contributed by atoms with E-state index in [0.29, 0.717) is 76.8 Å². The highest BCUT2D eigenvalue weighted by Gasteiger charge is 2.22. The molecule has 0 unspecified atom stereocenters. The number of nitrogens with zero attached hydrogens (tertiary/aromatic N) is 10. The number of nitro groups is 3. The minimum Gasteiger partial charge on any atom is -0.619 e. The topological polar surface area (TPSA) is 305 Å². The van der Waals surface area contributed by atoms with E-state index >= 15 is 0 Å². The first-order valence-corrected chi connectivity index (χ1v) is 48.2. The van der Waals surface area contributed by atoms with Crippen LogP contribution in [0.25, 0.3) is 0 Å². The summed E-state index contributed by atoms with van der Waals surface area (Å²) in [6.45, 7) is 32.7. The number of methoxy groups -OCH3 is 2. The van der Waals surface area contributed by atoms with Gasteiger partial charge in [0.05, 0.1) is 45.7 Å². The monoisotopic (exact) mass is 1970 g/mol. The first-order valence-electron chi connectivity index (χ1n) is 48.2. The Balaban J connectivity index is 0.000000175. The van der Waals surface area contributed by atoms with Gasteiger partial charge in [-0.1, -0.05) is 333 Å². The number of carboxylic acids is 1. The SMILES string of the molecule is C=[N+]([O-])c1ccc(CN(Cc2ccc([N+](=O)[O-])cc2)Cc2ccc([N+](=O)[O-])cc2)cc1.C=[N+]([O-])c1ccc(CN(Cc2ccccc2)Cc2ccc([N+](=O)[O-])cc2)cc1.CC(=O)c1ccc(CN(Cc2ccccc2)Cc2ccc(C(=O)O)cc2)cc1.CC(C)(C)c1ccc(CN(Cc2ccccc2)Cc2ccc(C(C)(C)C)cc2)cc1.COC(=O)c1ccc(CN(Cc2ccccc2)Cc2ccc(C(=O)OC)cc2)cc1. The van der Waals surface area contributed by atoms with Crippen LogP contribution in [0.4, 0.5) is 28.4 Å². The number of hydrogen-bond acceptors (Lipinski definition) is 19. The largest absolute Gasteiger partial charge is 0.619 e. The second kappa shape index (κ2) is 55.2. The van der Waals surface area contributed by atoms with Crippen molar-refractivity contribution in [1.29, 1.82) is 0 Å². The van der Waals surface area contributed by atoms with Gasteiger partial charge in [0.1, 0.15) is 13.4 Å². The number of rotatable bonds is 39. The predicted octanol–water partition coefficient (Wildman–Crippen LogP) is 25.9. The summed E-state index contributed by atoms with van der Waals surface area (Å²) in [5.74, 6) is -1.54. The number of carbonyl (C=O) groups excluding carboxylic acids is 3. The lowest BCUT2D eigenvalue weighted by Crippen LogP contribution is -2.22. The molecule has 25 nitrogen and oxygen atoms in total. The van der Waals surface area contributed by atoms with Gasteiger partial charge < -0.3 is 25.0 Å². The highest BCUT2D eigenvalue weighted by atomic mass is 16.6. The molecule has 0 aliphatic carbocycles. The molecule has 0 atom stereocenters. The summed E-state index contributed by atoms with van der Waals surface area (Å²) in [6.07, 6.45) is 0. The molecular weight excluding hydrogens is 1850 g/mol. The van der Waals surface area contributed by atoms with Crippen molar-refractivity contribution >= 4 is 65.6 Å². The van der Waals surface area contributed by atoms with E-state index in [2.05, 4.69) is 195 Å². The van der Waals surface area contributed by atoms with Crippen LogP contribution in [0.5, 0.6) is 0 Å². The second-order valence-electron chi connectivity index (χ2n) is 38.1. The van der Waals surface area contributed by atoms with Crippen LogP contribution in [-0.4, -0.2) is 105 Å². The number of carboxylic acid groups (broad SMARTS) is 1. The van der Waals surface area contributed by atoms with E-state index in [-0.39, 0.29) is 51.2 Å². The van der Waals surface area contributed by atoms with Gasteiger partial charge in [0.25, 0.3) is 17.1 Å². The van der Waals surface area contributed by atoms with Crippen molar-refractivity contribution in [1.82, 2.24) is 24.5 Å². The van der Waals surface area contributed by atoms with Crippen LogP contribution in [-0.2, 0) is 118 Å². The number of ketones is 1. The molecular formula is C122H126N10O15. The zero-order chi connectivity index (χ0) is 105. The number of benzene rings is 15. The molecule has 0 aromatic heterocycles. The Bertz CT molecular complexity index is 6210. The molecule has 0 saturated carbocycles. The summed E-state index contributed by atoms with van der Waals surface area (Å²) in [5, 5.41) is 64.3. The zero-order valence-corrected chi connectivity index (χ0v) is 84.6. The van der Waals surface area contributed by atoms with E-state index in [1.165, 1.54) is 95.1 Å². The molecule has 0 bridgehead atoms. The first kappa shape index (κ1) is 111. The van der Waals surface area contributed by atoms with Crippen molar-refractivity contribution in [3.8, 4) is 0 Å². The highest BCUT2D eigenvalue weighted by molar-refractivity contribution is 5.94. The smallest absolute Gasteiger partial charge is 0.337 e. The van der Waals surface area contributed by atoms with Crippen molar-refractivity contribution in [3.05, 3.63) is 546 Å². The fourth-order valence-corrected chi connectivity index (χ4v) is 16.3. The average Bonchev–Trinajstić information content (AvgIpc) is 0.842. The molecule has 25 heteroatoms. The van der Waals surface area contributed by atoms with Crippen LogP contribution < -0.4 is 0 Å². The van der Waals surface area contributed by atoms with Gasteiger partial charge in [0.15, 0.2) is 5.78 Å². The maximum Gasteiger partial charge on any atom is 0.337 e. The Labute approximate surface area is 860 Å². The summed E-state index contributed by atoms with van der Waals surface area (Å²) in [4.78, 5) is 88.7. The van der Waals surface area contributed by atoms with Crippen LogP contribution in [0, 0.1) is 40.8 Å². The van der Waals surface area contributed by atoms with Crippen LogP contribution in [0.3, 0.4) is 0 Å². The Morgan fingerprint density at radius 2 is 0.401 bits per heavy atom. The van der Waals surface area contributed by atoms with Crippen LogP contribution >= 0.6 is 0 Å². The van der Waals surface area contributed by atoms with E-state index in [1.807, 2.05) is 140 Å². The summed E-state index contributed by atoms with van der Waals surface area (Å²) >= 11 is 0. The zero-order valence-electron chi connectivity index (χ0n) is 84.6. The van der Waals surface area contributed by atoms with Crippen LogP contribution in [0.2, 0.25) is 0 Å². The molecule has 0 fully saturated rings. The lowest BCUT2D eigenvalue weighted by atomic mass is 9.86. The molecule has 0 saturated heterocycles. The fraction of sp³-hybridized carbons (Fsp3) is 0.213. The minimum atomic E-state index is -0.918. The third-order valence-electron chi connectivity index (χ3n) is 24.3. The van der Waals surface area contributed by atoms with E-state index in [0.717, 1.165) is 109 Å². The molecule has 147 heavy (non-hydrogen) atoms. The molecule has 1 N–H and O–H groups in total. The predicted molar refractivity (Wildman–Crippen MR) is 579 cm³/mol. The molecule has 15 aromatic rings. The number of ether oxygens (including phenoxy) is 2. The summed E-state index contributed by atoms with van der Waals surface area (Å²) in [7, 11) is 2.76. The minimum absolute atomic E-state index is 0.0246. The third-order valence-corrected chi connectivity index (χ3v) is 24.3. The van der Waals surface area contributed by atoms with Gasteiger partial charge in [-0.2, -0.15) is 9.48 Å². The number of hydrogen-bond donors (Lipinski definition) is 1. The van der Waals surface area contributed by atoms with Gasteiger partial charge in [-0.25, -0.2) is 14.4 Å². The molecule has 0 aliphatic rings. The summed E-state index contributed by atoms with van der Waals surface area (Å²) in [5.41, 5.74) is 23.2. The quantitative estimate of drug-likeness (QED) is 0.00711. The standard InChI is InChI=1S/C29H37N.C25H25NO4.C24H23NO3.C22H20N4O5.C22H21N3O3/c1-28(2,3)26-16-12-24(13-17-26)21-30(20-23-10-8-7-9-11-23)22-25-14-18-27(19-15-25)29(4,5)6;1-29-24(27)22-12-8-20(9-13-22)17-26(16-19-6-4-3-5-7-19)18-21-10-14-23(15-11-21)25(28)30-2;1-18(26)22-11-7-20(8-12-22)16-25(15-19-5-3-2-4-6-19)17-21-9-13-23(14-10-21)24(27)28;1-23(27)20-8-2-17(3-9-20)14-24(15-18-4-10-21(11-5-18)25(28)29)16-19-6-12-22(13-7-19)26(30)31;1-23(26)21-11-7-19(8-12-21)16-24(15-18-5-3-2-4-6-18)17-20-9-13-22(14-10-20)25(27)28/h7-19H,20-22H2,1-6H3;3-15H,16-18H2,1-2H3;2-14H,15-17H2,1H3,(H,27,28);2-13H,1,14-16H2;2-14H,1,15-17H2. The van der Waals surface area contributed by atoms with Crippen molar-refractivity contribution < 1.29 is 58.0 Å². The number of aromatic carboxylic acids is 1. The lowest BCUT2D eigenvalue weighted by Gasteiger charge is -2.25. The summed E-state index contributed by atoms with van der Waals surface area (Å²) < 4.78 is 10.7. The van der Waals surface area contributed by atoms with E-state index in [9.17, 15) is 59.9 Å². The molecule has 0 heterocycles. The third kappa shape index (κ3) is 37.2. The molecule has 0 aliphatic heterocycles. The molecule has 754 valence electrons. The maximum atomic E-state index is 11.7. The van der Waals surface area contributed by atoms with Crippen LogP contribution in [0.15, 0.2) is 388 Å². The molecule has 15 aromatic carbocycles. The van der Waals surface area contributed by atoms with Gasteiger partial charge in [-0.15, -0.1) is 0 Å². The molecule has 0 amide bonds. The Morgan fingerprint density at radius 1 is 0.245 bits per heavy atom. The number of non-ortho nitro benzene ring substituents is 3. The number of esters is 2. The average molecular weight is 1970 g/mol. The molecule has 0 radical (unpaired) electrons. The molecule has 0 spiro atoms. The van der Waals surface area contributed by atoms with Crippen molar-refractivity contribution in [2.45, 2.75) is 157 Å². The number of Topliss-reactive ketones (excluding diaryl/α,β-unsaturated/α-hetero) is 1. The van der Waals surface area contributed by atoms with Crippen molar-refractivity contribution in [3.63, 3.8) is 0 Å². The maximum absolute atomic E-state index is 11.7. The van der Waals surface area contributed by atoms with Gasteiger partial charge in [-0.05, 0) is 149 Å². The van der Waals surface area contributed by atoms with E-state index in [1.54, 1.807) is 104 Å².